The molecule has 0 aliphatic heterocycles. The number of carboxylic acids is 1. The number of hydrogen-bond donors (Lipinski definition) is 2. The van der Waals surface area contributed by atoms with Crippen LogP contribution in [0.3, 0.4) is 0 Å². The smallest absolute Gasteiger partial charge is 0.336 e. The van der Waals surface area contributed by atoms with E-state index in [1.807, 2.05) is 37.3 Å². The van der Waals surface area contributed by atoms with Crippen LogP contribution in [-0.2, 0) is 4.79 Å². The number of nitrogen functional groups attached to an aromatic ring is 1. The third-order valence-corrected chi connectivity index (χ3v) is 3.44. The van der Waals surface area contributed by atoms with Gasteiger partial charge in [-0.05, 0) is 42.8 Å². The number of anilines is 1. The lowest BCUT2D eigenvalue weighted by Crippen LogP contribution is -2.03. The van der Waals surface area contributed by atoms with E-state index in [1.54, 1.807) is 18.2 Å². The predicted molar refractivity (Wildman–Crippen MR) is 85.2 cm³/mol. The van der Waals surface area contributed by atoms with E-state index in [0.29, 0.717) is 11.3 Å². The van der Waals surface area contributed by atoms with E-state index in [0.717, 1.165) is 15.6 Å². The lowest BCUT2D eigenvalue weighted by Gasteiger charge is -2.08. The Bertz CT molecular complexity index is 675. The highest BCUT2D eigenvalue weighted by Crippen LogP contribution is 2.25. The van der Waals surface area contributed by atoms with Crippen LogP contribution in [-0.4, -0.2) is 11.1 Å². The molecule has 0 atom stereocenters. The molecular formula is C16H14BrNO2. The molecule has 4 heteroatoms. The molecule has 2 aromatic carbocycles. The summed E-state index contributed by atoms with van der Waals surface area (Å²) in [5.41, 5.74) is 8.87. The van der Waals surface area contributed by atoms with Crippen LogP contribution >= 0.6 is 15.9 Å². The Kier molecular flexibility index (Phi) is 4.25. The molecule has 0 heterocycles. The topological polar surface area (TPSA) is 63.3 Å². The molecule has 0 amide bonds. The first-order valence-electron chi connectivity index (χ1n) is 6.04. The Morgan fingerprint density at radius 2 is 1.85 bits per heavy atom. The Morgan fingerprint density at radius 1 is 1.20 bits per heavy atom. The summed E-state index contributed by atoms with van der Waals surface area (Å²) in [6, 6.07) is 12.8. The fraction of sp³-hybridized carbons (Fsp3) is 0.0625. The molecule has 0 spiro atoms. The summed E-state index contributed by atoms with van der Waals surface area (Å²) in [5, 5.41) is 9.42. The van der Waals surface area contributed by atoms with Crippen molar-refractivity contribution in [3.63, 3.8) is 0 Å². The first-order chi connectivity index (χ1) is 9.47. The highest BCUT2D eigenvalue weighted by molar-refractivity contribution is 9.10. The fourth-order valence-corrected chi connectivity index (χ4v) is 2.15. The first kappa shape index (κ1) is 14.3. The second-order valence-corrected chi connectivity index (χ2v) is 5.42. The molecule has 0 radical (unpaired) electrons. The van der Waals surface area contributed by atoms with Gasteiger partial charge in [0.25, 0.3) is 0 Å². The van der Waals surface area contributed by atoms with Gasteiger partial charge in [0.1, 0.15) is 0 Å². The maximum atomic E-state index is 11.5. The van der Waals surface area contributed by atoms with Crippen molar-refractivity contribution in [1.29, 1.82) is 0 Å². The van der Waals surface area contributed by atoms with E-state index in [9.17, 15) is 9.90 Å². The number of hydrogen-bond acceptors (Lipinski definition) is 2. The van der Waals surface area contributed by atoms with Crippen molar-refractivity contribution in [3.8, 4) is 0 Å². The van der Waals surface area contributed by atoms with E-state index in [1.165, 1.54) is 0 Å². The SMILES string of the molecule is Cc1ccc(N)c(C(=Cc2ccc(Br)cc2)C(=O)O)c1. The van der Waals surface area contributed by atoms with Crippen molar-refractivity contribution in [2.75, 3.05) is 5.73 Å². The Balaban J connectivity index is 2.54. The Morgan fingerprint density at radius 3 is 2.45 bits per heavy atom. The van der Waals surface area contributed by atoms with Crippen molar-refractivity contribution in [1.82, 2.24) is 0 Å². The number of carboxylic acid groups (broad SMARTS) is 1. The van der Waals surface area contributed by atoms with Gasteiger partial charge in [-0.25, -0.2) is 4.79 Å². The lowest BCUT2D eigenvalue weighted by molar-refractivity contribution is -0.130. The summed E-state index contributed by atoms with van der Waals surface area (Å²) in [6.45, 7) is 1.90. The van der Waals surface area contributed by atoms with Crippen LogP contribution in [0.15, 0.2) is 46.9 Å². The summed E-state index contributed by atoms with van der Waals surface area (Å²) in [5.74, 6) is -0.995. The fourth-order valence-electron chi connectivity index (χ4n) is 1.88. The minimum atomic E-state index is -0.995. The molecule has 0 bridgehead atoms. The standard InChI is InChI=1S/C16H14BrNO2/c1-10-2-7-15(18)13(8-10)14(16(19)20)9-11-3-5-12(17)6-4-11/h2-9H,18H2,1H3,(H,19,20). The third kappa shape index (κ3) is 3.27. The van der Waals surface area contributed by atoms with Gasteiger partial charge in [0.2, 0.25) is 0 Å². The van der Waals surface area contributed by atoms with Gasteiger partial charge in [0.05, 0.1) is 5.57 Å². The molecule has 0 aromatic heterocycles. The molecule has 0 fully saturated rings. The van der Waals surface area contributed by atoms with Crippen molar-refractivity contribution >= 4 is 39.2 Å². The van der Waals surface area contributed by atoms with E-state index in [2.05, 4.69) is 15.9 Å². The number of aliphatic carboxylic acids is 1. The molecule has 0 saturated heterocycles. The second-order valence-electron chi connectivity index (χ2n) is 4.51. The Hall–Kier alpha value is -2.07. The highest BCUT2D eigenvalue weighted by atomic mass is 79.9. The predicted octanol–water partition coefficient (Wildman–Crippen LogP) is 3.96. The normalized spacial score (nSPS) is 11.4. The maximum Gasteiger partial charge on any atom is 0.336 e. The van der Waals surface area contributed by atoms with Crippen LogP contribution < -0.4 is 5.73 Å². The molecule has 2 aromatic rings. The van der Waals surface area contributed by atoms with Crippen molar-refractivity contribution in [2.24, 2.45) is 0 Å². The molecule has 0 aliphatic rings. The van der Waals surface area contributed by atoms with Gasteiger partial charge in [0, 0.05) is 15.7 Å². The molecule has 0 saturated carbocycles. The van der Waals surface area contributed by atoms with Gasteiger partial charge >= 0.3 is 5.97 Å². The van der Waals surface area contributed by atoms with Gasteiger partial charge in [-0.3, -0.25) is 0 Å². The second kappa shape index (κ2) is 5.92. The Labute approximate surface area is 125 Å². The summed E-state index contributed by atoms with van der Waals surface area (Å²) < 4.78 is 0.946. The maximum absolute atomic E-state index is 11.5. The zero-order valence-corrected chi connectivity index (χ0v) is 12.5. The quantitative estimate of drug-likeness (QED) is 0.508. The number of rotatable bonds is 3. The molecule has 3 N–H and O–H groups in total. The number of nitrogens with two attached hydrogens (primary N) is 1. The van der Waals surface area contributed by atoms with Gasteiger partial charge in [-0.1, -0.05) is 39.7 Å². The molecule has 3 nitrogen and oxygen atoms in total. The van der Waals surface area contributed by atoms with E-state index < -0.39 is 5.97 Å². The van der Waals surface area contributed by atoms with E-state index >= 15 is 0 Å². The summed E-state index contributed by atoms with van der Waals surface area (Å²) in [4.78, 5) is 11.5. The summed E-state index contributed by atoms with van der Waals surface area (Å²) in [7, 11) is 0. The molecule has 0 unspecified atom stereocenters. The van der Waals surface area contributed by atoms with Crippen molar-refractivity contribution < 1.29 is 9.90 Å². The largest absolute Gasteiger partial charge is 0.478 e. The summed E-state index contributed by atoms with van der Waals surface area (Å²) in [6.07, 6.45) is 1.62. The van der Waals surface area contributed by atoms with Gasteiger partial charge < -0.3 is 10.8 Å². The van der Waals surface area contributed by atoms with Crippen LogP contribution in [0.25, 0.3) is 11.6 Å². The van der Waals surface area contributed by atoms with E-state index in [-0.39, 0.29) is 5.57 Å². The zero-order chi connectivity index (χ0) is 14.7. The zero-order valence-electron chi connectivity index (χ0n) is 10.9. The number of aryl methyl sites for hydroxylation is 1. The molecule has 2 rings (SSSR count). The van der Waals surface area contributed by atoms with Crippen LogP contribution in [0.1, 0.15) is 16.7 Å². The molecule has 102 valence electrons. The van der Waals surface area contributed by atoms with Gasteiger partial charge in [-0.15, -0.1) is 0 Å². The molecular weight excluding hydrogens is 318 g/mol. The third-order valence-electron chi connectivity index (χ3n) is 2.91. The molecule has 20 heavy (non-hydrogen) atoms. The van der Waals surface area contributed by atoms with Crippen molar-refractivity contribution in [3.05, 3.63) is 63.6 Å². The van der Waals surface area contributed by atoms with Crippen molar-refractivity contribution in [2.45, 2.75) is 6.92 Å². The minimum absolute atomic E-state index is 0.188. The van der Waals surface area contributed by atoms with E-state index in [4.69, 9.17) is 5.73 Å². The van der Waals surface area contributed by atoms with Gasteiger partial charge in [-0.2, -0.15) is 0 Å². The first-order valence-corrected chi connectivity index (χ1v) is 6.84. The van der Waals surface area contributed by atoms with Crippen LogP contribution in [0.5, 0.6) is 0 Å². The van der Waals surface area contributed by atoms with Crippen LogP contribution in [0, 0.1) is 6.92 Å². The lowest BCUT2D eigenvalue weighted by atomic mass is 9.99. The number of benzene rings is 2. The average molecular weight is 332 g/mol. The van der Waals surface area contributed by atoms with Crippen LogP contribution in [0.2, 0.25) is 0 Å². The number of carbonyl (C=O) groups is 1. The minimum Gasteiger partial charge on any atom is -0.478 e. The highest BCUT2D eigenvalue weighted by Gasteiger charge is 2.13. The average Bonchev–Trinajstić information content (AvgIpc) is 2.41. The summed E-state index contributed by atoms with van der Waals surface area (Å²) >= 11 is 3.35. The van der Waals surface area contributed by atoms with Crippen LogP contribution in [0.4, 0.5) is 5.69 Å². The molecule has 0 aliphatic carbocycles. The monoisotopic (exact) mass is 331 g/mol. The number of halogens is 1. The van der Waals surface area contributed by atoms with Gasteiger partial charge in [0.15, 0.2) is 0 Å².